The first-order chi connectivity index (χ1) is 9.24. The second-order valence-electron chi connectivity index (χ2n) is 4.76. The van der Waals surface area contributed by atoms with Gasteiger partial charge in [-0.3, -0.25) is 4.79 Å². The fourth-order valence-corrected chi connectivity index (χ4v) is 2.32. The maximum absolute atomic E-state index is 11.5. The highest BCUT2D eigenvalue weighted by molar-refractivity contribution is 5.97. The van der Waals surface area contributed by atoms with E-state index in [0.29, 0.717) is 0 Å². The van der Waals surface area contributed by atoms with E-state index in [4.69, 9.17) is 0 Å². The second-order valence-corrected chi connectivity index (χ2v) is 4.76. The van der Waals surface area contributed by atoms with Crippen LogP contribution in [0.25, 0.3) is 10.9 Å². The Labute approximate surface area is 112 Å². The summed E-state index contributed by atoms with van der Waals surface area (Å²) in [6.07, 6.45) is 2.07. The van der Waals surface area contributed by atoms with Crippen LogP contribution >= 0.6 is 0 Å². The first-order valence-corrected chi connectivity index (χ1v) is 6.38. The van der Waals surface area contributed by atoms with Gasteiger partial charge in [0, 0.05) is 23.8 Å². The summed E-state index contributed by atoms with van der Waals surface area (Å²) < 4.78 is 2.18. The molecule has 0 unspecified atom stereocenters. The third-order valence-corrected chi connectivity index (χ3v) is 3.38. The number of aromatic nitrogens is 1. The Morgan fingerprint density at radius 1 is 1.05 bits per heavy atom. The molecule has 0 aliphatic carbocycles. The van der Waals surface area contributed by atoms with Crippen molar-refractivity contribution < 1.29 is 4.79 Å². The van der Waals surface area contributed by atoms with Gasteiger partial charge in [-0.2, -0.15) is 0 Å². The van der Waals surface area contributed by atoms with Gasteiger partial charge in [0.15, 0.2) is 5.78 Å². The van der Waals surface area contributed by atoms with Crippen LogP contribution in [-0.4, -0.2) is 10.4 Å². The Morgan fingerprint density at radius 2 is 1.84 bits per heavy atom. The fraction of sp³-hybridized carbons (Fsp3) is 0.118. The molecule has 0 atom stereocenters. The molecule has 0 N–H and O–H groups in total. The van der Waals surface area contributed by atoms with Crippen LogP contribution in [-0.2, 0) is 6.54 Å². The zero-order valence-electron chi connectivity index (χ0n) is 10.8. The molecular formula is C17H15NO. The molecule has 2 aromatic carbocycles. The summed E-state index contributed by atoms with van der Waals surface area (Å²) in [5, 5.41) is 1.17. The van der Waals surface area contributed by atoms with E-state index in [0.717, 1.165) is 17.6 Å². The number of rotatable bonds is 3. The number of nitrogens with zero attached hydrogens (tertiary/aromatic N) is 1. The first kappa shape index (κ1) is 11.7. The Bertz CT molecular complexity index is 725. The fourth-order valence-electron chi connectivity index (χ4n) is 2.32. The minimum Gasteiger partial charge on any atom is -0.343 e. The van der Waals surface area contributed by atoms with E-state index >= 15 is 0 Å². The molecule has 19 heavy (non-hydrogen) atoms. The maximum atomic E-state index is 11.5. The molecule has 2 heteroatoms. The van der Waals surface area contributed by atoms with E-state index in [1.807, 2.05) is 36.4 Å². The number of fused-ring (bicyclic) bond motifs is 1. The van der Waals surface area contributed by atoms with Crippen molar-refractivity contribution in [2.75, 3.05) is 0 Å². The van der Waals surface area contributed by atoms with Crippen molar-refractivity contribution in [1.29, 1.82) is 0 Å². The molecule has 1 aromatic heterocycles. The average Bonchev–Trinajstić information content (AvgIpc) is 2.82. The number of hydrogen-bond acceptors (Lipinski definition) is 1. The third-order valence-electron chi connectivity index (χ3n) is 3.38. The summed E-state index contributed by atoms with van der Waals surface area (Å²) in [5.74, 6) is 0.106. The monoisotopic (exact) mass is 249 g/mol. The predicted octanol–water partition coefficient (Wildman–Crippen LogP) is 3.89. The molecule has 0 aliphatic heterocycles. The van der Waals surface area contributed by atoms with Gasteiger partial charge >= 0.3 is 0 Å². The molecule has 0 aliphatic rings. The zero-order valence-corrected chi connectivity index (χ0v) is 10.8. The topological polar surface area (TPSA) is 22.0 Å². The van der Waals surface area contributed by atoms with Crippen molar-refractivity contribution in [3.05, 3.63) is 71.9 Å². The Kier molecular flexibility index (Phi) is 2.92. The Hall–Kier alpha value is -2.35. The van der Waals surface area contributed by atoms with Crippen LogP contribution in [0.4, 0.5) is 0 Å². The molecule has 2 nitrogen and oxygen atoms in total. The highest BCUT2D eigenvalue weighted by Crippen LogP contribution is 2.19. The van der Waals surface area contributed by atoms with Gasteiger partial charge in [0.05, 0.1) is 0 Å². The lowest BCUT2D eigenvalue weighted by Crippen LogP contribution is -1.99. The second kappa shape index (κ2) is 4.73. The molecule has 0 fully saturated rings. The standard InChI is InChI=1S/C17H15NO/c1-13(19)16-8-7-15-9-10-18(17(15)11-16)12-14-5-3-2-4-6-14/h2-11H,12H2,1H3. The van der Waals surface area contributed by atoms with Crippen molar-refractivity contribution in [2.45, 2.75) is 13.5 Å². The summed E-state index contributed by atoms with van der Waals surface area (Å²) in [5.41, 5.74) is 3.13. The largest absolute Gasteiger partial charge is 0.343 e. The van der Waals surface area contributed by atoms with Gasteiger partial charge in [-0.05, 0) is 30.0 Å². The van der Waals surface area contributed by atoms with Gasteiger partial charge < -0.3 is 4.57 Å². The first-order valence-electron chi connectivity index (χ1n) is 6.38. The number of carbonyl (C=O) groups is 1. The SMILES string of the molecule is CC(=O)c1ccc2ccn(Cc3ccccc3)c2c1. The molecule has 3 rings (SSSR count). The van der Waals surface area contributed by atoms with Crippen LogP contribution in [0.2, 0.25) is 0 Å². The lowest BCUT2D eigenvalue weighted by Gasteiger charge is -2.06. The van der Waals surface area contributed by atoms with Gasteiger partial charge in [-0.15, -0.1) is 0 Å². The number of hydrogen-bond donors (Lipinski definition) is 0. The maximum Gasteiger partial charge on any atom is 0.159 e. The number of benzene rings is 2. The summed E-state index contributed by atoms with van der Waals surface area (Å²) in [4.78, 5) is 11.5. The number of ketones is 1. The zero-order chi connectivity index (χ0) is 13.2. The molecule has 0 saturated heterocycles. The van der Waals surface area contributed by atoms with Crippen LogP contribution in [0.1, 0.15) is 22.8 Å². The van der Waals surface area contributed by atoms with E-state index in [-0.39, 0.29) is 5.78 Å². The normalized spacial score (nSPS) is 10.8. The molecule has 0 saturated carbocycles. The van der Waals surface area contributed by atoms with Crippen LogP contribution < -0.4 is 0 Å². The van der Waals surface area contributed by atoms with Crippen LogP contribution in [0.5, 0.6) is 0 Å². The van der Waals surface area contributed by atoms with Gasteiger partial charge in [0.25, 0.3) is 0 Å². The van der Waals surface area contributed by atoms with E-state index in [9.17, 15) is 4.79 Å². The molecule has 0 radical (unpaired) electrons. The molecule has 1 heterocycles. The van der Waals surface area contributed by atoms with Gasteiger partial charge in [-0.1, -0.05) is 42.5 Å². The van der Waals surface area contributed by atoms with Crippen LogP contribution in [0.3, 0.4) is 0 Å². The van der Waals surface area contributed by atoms with Gasteiger partial charge in [0.1, 0.15) is 0 Å². The highest BCUT2D eigenvalue weighted by atomic mass is 16.1. The minimum absolute atomic E-state index is 0.106. The van der Waals surface area contributed by atoms with Crippen molar-refractivity contribution in [2.24, 2.45) is 0 Å². The van der Waals surface area contributed by atoms with E-state index in [1.54, 1.807) is 6.92 Å². The molecule has 0 spiro atoms. The predicted molar refractivity (Wildman–Crippen MR) is 77.5 cm³/mol. The molecular weight excluding hydrogens is 234 g/mol. The van der Waals surface area contributed by atoms with Crippen molar-refractivity contribution in [3.63, 3.8) is 0 Å². The summed E-state index contributed by atoms with van der Waals surface area (Å²) in [6.45, 7) is 2.43. The molecule has 0 amide bonds. The summed E-state index contributed by atoms with van der Waals surface area (Å²) in [6, 6.07) is 18.3. The number of carbonyl (C=O) groups excluding carboxylic acids is 1. The van der Waals surface area contributed by atoms with E-state index < -0.39 is 0 Å². The highest BCUT2D eigenvalue weighted by Gasteiger charge is 2.05. The summed E-state index contributed by atoms with van der Waals surface area (Å²) in [7, 11) is 0. The number of Topliss-reactive ketones (excluding diaryl/α,β-unsaturated/α-hetero) is 1. The van der Waals surface area contributed by atoms with Crippen molar-refractivity contribution in [1.82, 2.24) is 4.57 Å². The third kappa shape index (κ3) is 2.29. The van der Waals surface area contributed by atoms with Gasteiger partial charge in [-0.25, -0.2) is 0 Å². The lowest BCUT2D eigenvalue weighted by molar-refractivity contribution is 0.101. The smallest absolute Gasteiger partial charge is 0.159 e. The average molecular weight is 249 g/mol. The van der Waals surface area contributed by atoms with Gasteiger partial charge in [0.2, 0.25) is 0 Å². The van der Waals surface area contributed by atoms with Crippen LogP contribution in [0, 0.1) is 0 Å². The van der Waals surface area contributed by atoms with E-state index in [2.05, 4.69) is 29.0 Å². The molecule has 94 valence electrons. The van der Waals surface area contributed by atoms with Crippen LogP contribution in [0.15, 0.2) is 60.8 Å². The molecule has 0 bridgehead atoms. The molecule has 3 aromatic rings. The quantitative estimate of drug-likeness (QED) is 0.645. The Morgan fingerprint density at radius 3 is 2.58 bits per heavy atom. The minimum atomic E-state index is 0.106. The van der Waals surface area contributed by atoms with Crippen molar-refractivity contribution >= 4 is 16.7 Å². The summed E-state index contributed by atoms with van der Waals surface area (Å²) >= 11 is 0. The lowest BCUT2D eigenvalue weighted by atomic mass is 10.1. The Balaban J connectivity index is 2.04. The van der Waals surface area contributed by atoms with Crippen molar-refractivity contribution in [3.8, 4) is 0 Å². The van der Waals surface area contributed by atoms with E-state index in [1.165, 1.54) is 10.9 Å².